The molecule has 7 nitrogen and oxygen atoms in total. The number of carbonyl (C=O) groups excluding carboxylic acids is 3. The molecule has 0 bridgehead atoms. The Hall–Kier alpha value is -2.41. The molecule has 0 fully saturated rings. The molecule has 0 saturated heterocycles. The van der Waals surface area contributed by atoms with Crippen molar-refractivity contribution in [3.05, 3.63) is 36.5 Å². The lowest BCUT2D eigenvalue weighted by Crippen LogP contribution is -2.16. The van der Waals surface area contributed by atoms with Gasteiger partial charge in [-0.3, -0.25) is 0 Å². The Kier molecular flexibility index (Phi) is 21.0. The predicted octanol–water partition coefficient (Wildman–Crippen LogP) is 3.34. The van der Waals surface area contributed by atoms with Crippen LogP contribution in [0.4, 0.5) is 0 Å². The minimum Gasteiger partial charge on any atom is -0.466 e. The van der Waals surface area contributed by atoms with Crippen LogP contribution in [0.5, 0.6) is 0 Å². The molecular formula is C21H37NO6. The molecule has 0 heterocycles. The van der Waals surface area contributed by atoms with Crippen molar-refractivity contribution in [1.29, 1.82) is 0 Å². The summed E-state index contributed by atoms with van der Waals surface area (Å²) in [5, 5.41) is 0. The largest absolute Gasteiger partial charge is 0.466 e. The van der Waals surface area contributed by atoms with Crippen molar-refractivity contribution in [1.82, 2.24) is 0 Å². The maximum atomic E-state index is 11.0. The van der Waals surface area contributed by atoms with Crippen molar-refractivity contribution >= 4 is 17.9 Å². The van der Waals surface area contributed by atoms with E-state index < -0.39 is 0 Å². The summed E-state index contributed by atoms with van der Waals surface area (Å²) in [5.41, 5.74) is 6.55. The highest BCUT2D eigenvalue weighted by atomic mass is 16.5. The van der Waals surface area contributed by atoms with Gasteiger partial charge in [0.1, 0.15) is 6.61 Å². The minimum atomic E-state index is -0.347. The monoisotopic (exact) mass is 399 g/mol. The summed E-state index contributed by atoms with van der Waals surface area (Å²) in [6.07, 6.45) is 1.97. The molecule has 0 atom stereocenters. The van der Waals surface area contributed by atoms with E-state index in [1.54, 1.807) is 13.8 Å². The molecule has 0 radical (unpaired) electrons. The molecule has 0 saturated carbocycles. The zero-order valence-electron chi connectivity index (χ0n) is 18.3. The fraction of sp³-hybridized carbons (Fsp3) is 0.571. The lowest BCUT2D eigenvalue weighted by Gasteiger charge is -2.07. The SMILES string of the molecule is C=C(C(=O)OCCN)C(C)C.C=C(C)C(=O)OC.C=C(C)C(=O)OCCCC. The first-order valence-corrected chi connectivity index (χ1v) is 9.08. The maximum Gasteiger partial charge on any atom is 0.333 e. The van der Waals surface area contributed by atoms with Gasteiger partial charge in [0.05, 0.1) is 13.7 Å². The van der Waals surface area contributed by atoms with Crippen LogP contribution in [0, 0.1) is 5.92 Å². The molecule has 0 aliphatic heterocycles. The molecule has 0 amide bonds. The second kappa shape index (κ2) is 19.4. The van der Waals surface area contributed by atoms with Gasteiger partial charge < -0.3 is 19.9 Å². The highest BCUT2D eigenvalue weighted by molar-refractivity contribution is 5.88. The van der Waals surface area contributed by atoms with Crippen LogP contribution in [-0.4, -0.2) is 44.8 Å². The van der Waals surface area contributed by atoms with Crippen molar-refractivity contribution in [3.8, 4) is 0 Å². The highest BCUT2D eigenvalue weighted by Crippen LogP contribution is 2.07. The van der Waals surface area contributed by atoms with E-state index >= 15 is 0 Å². The smallest absolute Gasteiger partial charge is 0.333 e. The molecule has 0 rings (SSSR count). The summed E-state index contributed by atoms with van der Waals surface area (Å²) in [6, 6.07) is 0. The third-order valence-corrected chi connectivity index (χ3v) is 2.92. The number of methoxy groups -OCH3 is 1. The maximum absolute atomic E-state index is 11.0. The van der Waals surface area contributed by atoms with Crippen molar-refractivity contribution < 1.29 is 28.6 Å². The summed E-state index contributed by atoms with van der Waals surface area (Å²) in [4.78, 5) is 31.9. The van der Waals surface area contributed by atoms with Crippen LogP contribution in [0.3, 0.4) is 0 Å². The van der Waals surface area contributed by atoms with Crippen molar-refractivity contribution in [2.45, 2.75) is 47.5 Å². The Morgan fingerprint density at radius 3 is 1.64 bits per heavy atom. The van der Waals surface area contributed by atoms with Crippen molar-refractivity contribution in [3.63, 3.8) is 0 Å². The number of nitrogens with two attached hydrogens (primary N) is 1. The molecule has 162 valence electrons. The standard InChI is InChI=1S/C8H15NO2.C8H14O2.C5H8O2/c1-6(2)7(3)8(10)11-5-4-9;1-4-5-6-10-8(9)7(2)3;1-4(2)5(6)7-3/h6H,3-5,9H2,1-2H3;2,4-6H2,1,3H3;1H2,2-3H3. The molecule has 0 aromatic rings. The van der Waals surface area contributed by atoms with Gasteiger partial charge in [0, 0.05) is 23.3 Å². The van der Waals surface area contributed by atoms with Crippen molar-refractivity contribution in [2.24, 2.45) is 11.7 Å². The molecule has 0 aromatic carbocycles. The average Bonchev–Trinajstić information content (AvgIpc) is 2.65. The van der Waals surface area contributed by atoms with E-state index in [9.17, 15) is 14.4 Å². The molecule has 0 unspecified atom stereocenters. The van der Waals surface area contributed by atoms with Crippen LogP contribution in [0.25, 0.3) is 0 Å². The number of rotatable bonds is 9. The third kappa shape index (κ3) is 19.9. The molecule has 0 aromatic heterocycles. The van der Waals surface area contributed by atoms with E-state index in [0.717, 1.165) is 12.8 Å². The van der Waals surface area contributed by atoms with Gasteiger partial charge in [-0.25, -0.2) is 14.4 Å². The van der Waals surface area contributed by atoms with E-state index in [-0.39, 0.29) is 30.4 Å². The van der Waals surface area contributed by atoms with E-state index in [1.807, 2.05) is 13.8 Å². The van der Waals surface area contributed by atoms with E-state index in [4.69, 9.17) is 15.2 Å². The number of esters is 3. The summed E-state index contributed by atoms with van der Waals surface area (Å²) >= 11 is 0. The van der Waals surface area contributed by atoms with Crippen LogP contribution in [0.15, 0.2) is 36.5 Å². The fourth-order valence-electron chi connectivity index (χ4n) is 1.09. The summed E-state index contributed by atoms with van der Waals surface area (Å²) in [5.74, 6) is -0.834. The molecule has 0 aliphatic rings. The lowest BCUT2D eigenvalue weighted by atomic mass is 10.1. The third-order valence-electron chi connectivity index (χ3n) is 2.92. The van der Waals surface area contributed by atoms with Gasteiger partial charge in [0.2, 0.25) is 0 Å². The highest BCUT2D eigenvalue weighted by Gasteiger charge is 2.10. The normalized spacial score (nSPS) is 9.00. The number of ether oxygens (including phenoxy) is 3. The lowest BCUT2D eigenvalue weighted by molar-refractivity contribution is -0.140. The number of unbranched alkanes of at least 4 members (excludes halogenated alkanes) is 1. The Balaban J connectivity index is -0.000000343. The minimum absolute atomic E-state index is 0.139. The first-order chi connectivity index (χ1) is 13.0. The quantitative estimate of drug-likeness (QED) is 0.274. The van der Waals surface area contributed by atoms with E-state index in [2.05, 4.69) is 31.4 Å². The number of hydrogen-bond acceptors (Lipinski definition) is 7. The van der Waals surface area contributed by atoms with Crippen molar-refractivity contribution in [2.75, 3.05) is 26.9 Å². The fourth-order valence-corrected chi connectivity index (χ4v) is 1.09. The van der Waals surface area contributed by atoms with Crippen LogP contribution in [-0.2, 0) is 28.6 Å². The summed E-state index contributed by atoms with van der Waals surface area (Å²) in [7, 11) is 1.33. The van der Waals surface area contributed by atoms with E-state index in [1.165, 1.54) is 7.11 Å². The average molecular weight is 400 g/mol. The van der Waals surface area contributed by atoms with Gasteiger partial charge in [-0.2, -0.15) is 0 Å². The zero-order valence-corrected chi connectivity index (χ0v) is 18.3. The van der Waals surface area contributed by atoms with Gasteiger partial charge in [-0.15, -0.1) is 0 Å². The molecule has 0 aliphatic carbocycles. The van der Waals surface area contributed by atoms with Crippen LogP contribution in [0.1, 0.15) is 47.5 Å². The van der Waals surface area contributed by atoms with Gasteiger partial charge in [-0.1, -0.05) is 46.9 Å². The Labute approximate surface area is 169 Å². The number of hydrogen-bond donors (Lipinski definition) is 1. The Bertz CT molecular complexity index is 523. The first kappa shape index (κ1) is 30.3. The summed E-state index contributed by atoms with van der Waals surface area (Å²) in [6.45, 7) is 20.6. The van der Waals surface area contributed by atoms with E-state index in [0.29, 0.717) is 29.9 Å². The molecule has 0 spiro atoms. The number of carbonyl (C=O) groups is 3. The zero-order chi connectivity index (χ0) is 22.7. The van der Waals surface area contributed by atoms with Crippen LogP contribution < -0.4 is 5.73 Å². The molecule has 28 heavy (non-hydrogen) atoms. The Morgan fingerprint density at radius 2 is 1.36 bits per heavy atom. The summed E-state index contributed by atoms with van der Waals surface area (Å²) < 4.78 is 13.8. The molecular weight excluding hydrogens is 362 g/mol. The topological polar surface area (TPSA) is 105 Å². The second-order valence-electron chi connectivity index (χ2n) is 6.15. The van der Waals surface area contributed by atoms with Gasteiger partial charge in [0.15, 0.2) is 0 Å². The first-order valence-electron chi connectivity index (χ1n) is 9.08. The van der Waals surface area contributed by atoms with Gasteiger partial charge in [0.25, 0.3) is 0 Å². The van der Waals surface area contributed by atoms with Gasteiger partial charge in [-0.05, 0) is 26.2 Å². The van der Waals surface area contributed by atoms with Crippen LogP contribution in [0.2, 0.25) is 0 Å². The molecule has 7 heteroatoms. The predicted molar refractivity (Wildman–Crippen MR) is 112 cm³/mol. The molecule has 2 N–H and O–H groups in total. The second-order valence-corrected chi connectivity index (χ2v) is 6.15. The Morgan fingerprint density at radius 1 is 0.893 bits per heavy atom. The van der Waals surface area contributed by atoms with Gasteiger partial charge >= 0.3 is 17.9 Å². The van der Waals surface area contributed by atoms with Crippen LogP contribution >= 0.6 is 0 Å².